The van der Waals surface area contributed by atoms with Crippen molar-refractivity contribution >= 4 is 17.8 Å². The first-order valence-corrected chi connectivity index (χ1v) is 6.66. The van der Waals surface area contributed by atoms with Crippen molar-refractivity contribution in [2.45, 2.75) is 39.7 Å². The number of aliphatic carboxylic acids is 1. The van der Waals surface area contributed by atoms with E-state index in [-0.39, 0.29) is 18.2 Å². The summed E-state index contributed by atoms with van der Waals surface area (Å²) in [5.41, 5.74) is 0. The molecular weight excluding hydrogens is 248 g/mol. The highest BCUT2D eigenvalue weighted by atomic mass is 16.4. The Bertz CT molecular complexity index is 368. The fourth-order valence-corrected chi connectivity index (χ4v) is 2.19. The van der Waals surface area contributed by atoms with E-state index in [1.54, 1.807) is 11.8 Å². The Morgan fingerprint density at radius 2 is 2.11 bits per heavy atom. The molecule has 0 bridgehead atoms. The summed E-state index contributed by atoms with van der Waals surface area (Å²) in [6, 6.07) is -0.873. The van der Waals surface area contributed by atoms with Crippen LogP contribution in [0.1, 0.15) is 33.6 Å². The minimum atomic E-state index is -1.04. The predicted octanol–water partition coefficient (Wildman–Crippen LogP) is 0.470. The van der Waals surface area contributed by atoms with E-state index in [1.165, 1.54) is 0 Å². The van der Waals surface area contributed by atoms with Crippen LogP contribution in [0.25, 0.3) is 0 Å². The molecule has 0 aromatic heterocycles. The molecule has 1 aliphatic rings. The molecule has 0 spiro atoms. The summed E-state index contributed by atoms with van der Waals surface area (Å²) < 4.78 is 0. The maximum Gasteiger partial charge on any atom is 0.326 e. The van der Waals surface area contributed by atoms with Crippen LogP contribution in [-0.2, 0) is 14.4 Å². The van der Waals surface area contributed by atoms with Crippen LogP contribution in [0.2, 0.25) is 0 Å². The van der Waals surface area contributed by atoms with Gasteiger partial charge in [-0.05, 0) is 12.3 Å². The summed E-state index contributed by atoms with van der Waals surface area (Å²) in [6.07, 6.45) is 0.506. The number of carbonyl (C=O) groups excluding carboxylic acids is 2. The number of nitrogens with one attached hydrogen (secondary N) is 1. The standard InChI is InChI=1S/C13H22N2O4/c1-4-10(13(18)19)14-12(17)9-5-11(16)15(7-9)6-8(2)3/h8-10H,4-7H2,1-3H3,(H,14,17)(H,18,19)/t9?,10-/m0/s1. The fraction of sp³-hybridized carbons (Fsp3) is 0.769. The summed E-state index contributed by atoms with van der Waals surface area (Å²) in [4.78, 5) is 36.2. The van der Waals surface area contributed by atoms with Crippen molar-refractivity contribution in [1.82, 2.24) is 10.2 Å². The molecule has 0 radical (unpaired) electrons. The molecule has 2 atom stereocenters. The number of rotatable bonds is 6. The lowest BCUT2D eigenvalue weighted by molar-refractivity contribution is -0.142. The van der Waals surface area contributed by atoms with Gasteiger partial charge < -0.3 is 15.3 Å². The van der Waals surface area contributed by atoms with Gasteiger partial charge in [0.05, 0.1) is 5.92 Å². The monoisotopic (exact) mass is 270 g/mol. The van der Waals surface area contributed by atoms with Gasteiger partial charge >= 0.3 is 5.97 Å². The molecule has 1 saturated heterocycles. The topological polar surface area (TPSA) is 86.7 Å². The normalized spacial score (nSPS) is 20.7. The van der Waals surface area contributed by atoms with Crippen LogP contribution in [0, 0.1) is 11.8 Å². The highest BCUT2D eigenvalue weighted by molar-refractivity contribution is 5.91. The first-order chi connectivity index (χ1) is 8.85. The van der Waals surface area contributed by atoms with Gasteiger partial charge in [0.2, 0.25) is 11.8 Å². The molecule has 6 heteroatoms. The van der Waals surface area contributed by atoms with Gasteiger partial charge in [-0.15, -0.1) is 0 Å². The second-order valence-electron chi connectivity index (χ2n) is 5.40. The van der Waals surface area contributed by atoms with Crippen LogP contribution >= 0.6 is 0 Å². The fourth-order valence-electron chi connectivity index (χ4n) is 2.19. The second kappa shape index (κ2) is 6.54. The van der Waals surface area contributed by atoms with Crippen LogP contribution in [0.5, 0.6) is 0 Å². The van der Waals surface area contributed by atoms with E-state index in [9.17, 15) is 14.4 Å². The molecule has 1 aliphatic heterocycles. The van der Waals surface area contributed by atoms with Crippen LogP contribution in [0.4, 0.5) is 0 Å². The zero-order chi connectivity index (χ0) is 14.6. The molecule has 2 amide bonds. The number of carbonyl (C=O) groups is 3. The predicted molar refractivity (Wildman–Crippen MR) is 69.4 cm³/mol. The van der Waals surface area contributed by atoms with Crippen molar-refractivity contribution in [2.75, 3.05) is 13.1 Å². The molecule has 1 rings (SSSR count). The van der Waals surface area contributed by atoms with Crippen LogP contribution in [0.15, 0.2) is 0 Å². The van der Waals surface area contributed by atoms with E-state index in [1.807, 2.05) is 13.8 Å². The summed E-state index contributed by atoms with van der Waals surface area (Å²) in [6.45, 7) is 6.75. The summed E-state index contributed by atoms with van der Waals surface area (Å²) in [7, 11) is 0. The molecule has 6 nitrogen and oxygen atoms in total. The summed E-state index contributed by atoms with van der Waals surface area (Å²) >= 11 is 0. The Kier molecular flexibility index (Phi) is 5.32. The quantitative estimate of drug-likeness (QED) is 0.734. The van der Waals surface area contributed by atoms with Crippen LogP contribution < -0.4 is 5.32 Å². The third-order valence-electron chi connectivity index (χ3n) is 3.19. The molecule has 1 unspecified atom stereocenters. The average molecular weight is 270 g/mol. The maximum absolute atomic E-state index is 11.9. The number of nitrogens with zero attached hydrogens (tertiary/aromatic N) is 1. The second-order valence-corrected chi connectivity index (χ2v) is 5.40. The third-order valence-corrected chi connectivity index (χ3v) is 3.19. The van der Waals surface area contributed by atoms with Crippen molar-refractivity contribution in [2.24, 2.45) is 11.8 Å². The Labute approximate surface area is 113 Å². The highest BCUT2D eigenvalue weighted by Gasteiger charge is 2.35. The number of carboxylic acids is 1. The lowest BCUT2D eigenvalue weighted by Gasteiger charge is -2.19. The first-order valence-electron chi connectivity index (χ1n) is 6.66. The summed E-state index contributed by atoms with van der Waals surface area (Å²) in [5.74, 6) is -1.49. The molecule has 0 aromatic rings. The number of likely N-dealkylation sites (tertiary alicyclic amines) is 1. The average Bonchev–Trinajstić information content (AvgIpc) is 2.66. The molecule has 2 N–H and O–H groups in total. The van der Waals surface area contributed by atoms with Gasteiger partial charge in [0, 0.05) is 19.5 Å². The largest absolute Gasteiger partial charge is 0.480 e. The molecule has 0 aromatic carbocycles. The van der Waals surface area contributed by atoms with E-state index in [0.29, 0.717) is 25.4 Å². The van der Waals surface area contributed by atoms with Crippen molar-refractivity contribution in [3.8, 4) is 0 Å². The van der Waals surface area contributed by atoms with Crippen molar-refractivity contribution in [3.63, 3.8) is 0 Å². The summed E-state index contributed by atoms with van der Waals surface area (Å²) in [5, 5.41) is 11.4. The highest BCUT2D eigenvalue weighted by Crippen LogP contribution is 2.19. The van der Waals surface area contributed by atoms with E-state index >= 15 is 0 Å². The molecule has 1 heterocycles. The zero-order valence-corrected chi connectivity index (χ0v) is 11.7. The van der Waals surface area contributed by atoms with Crippen LogP contribution in [-0.4, -0.2) is 46.9 Å². The molecular formula is C13H22N2O4. The van der Waals surface area contributed by atoms with Crippen molar-refractivity contribution in [3.05, 3.63) is 0 Å². The smallest absolute Gasteiger partial charge is 0.326 e. The van der Waals surface area contributed by atoms with Crippen molar-refractivity contribution < 1.29 is 19.5 Å². The number of amides is 2. The van der Waals surface area contributed by atoms with E-state index in [2.05, 4.69) is 5.32 Å². The van der Waals surface area contributed by atoms with Gasteiger partial charge in [-0.2, -0.15) is 0 Å². The Morgan fingerprint density at radius 1 is 1.47 bits per heavy atom. The number of hydrogen-bond donors (Lipinski definition) is 2. The van der Waals surface area contributed by atoms with Gasteiger partial charge in [-0.3, -0.25) is 9.59 Å². The molecule has 0 aliphatic carbocycles. The third kappa shape index (κ3) is 4.22. The maximum atomic E-state index is 11.9. The minimum absolute atomic E-state index is 0.0303. The van der Waals surface area contributed by atoms with E-state index < -0.39 is 17.9 Å². The zero-order valence-electron chi connectivity index (χ0n) is 11.7. The van der Waals surface area contributed by atoms with Gasteiger partial charge in [-0.25, -0.2) is 4.79 Å². The number of carboxylic acid groups (broad SMARTS) is 1. The Balaban J connectivity index is 2.55. The van der Waals surface area contributed by atoms with E-state index in [4.69, 9.17) is 5.11 Å². The lowest BCUT2D eigenvalue weighted by Crippen LogP contribution is -2.43. The Morgan fingerprint density at radius 3 is 2.58 bits per heavy atom. The first kappa shape index (κ1) is 15.5. The van der Waals surface area contributed by atoms with Gasteiger partial charge in [0.15, 0.2) is 0 Å². The van der Waals surface area contributed by atoms with Crippen molar-refractivity contribution in [1.29, 1.82) is 0 Å². The molecule has 19 heavy (non-hydrogen) atoms. The van der Waals surface area contributed by atoms with Gasteiger partial charge in [0.25, 0.3) is 0 Å². The molecule has 0 saturated carbocycles. The van der Waals surface area contributed by atoms with Gasteiger partial charge in [0.1, 0.15) is 6.04 Å². The molecule has 1 fully saturated rings. The Hall–Kier alpha value is -1.59. The van der Waals surface area contributed by atoms with Gasteiger partial charge in [-0.1, -0.05) is 20.8 Å². The minimum Gasteiger partial charge on any atom is -0.480 e. The number of hydrogen-bond acceptors (Lipinski definition) is 3. The van der Waals surface area contributed by atoms with Crippen LogP contribution in [0.3, 0.4) is 0 Å². The molecule has 108 valence electrons. The SMILES string of the molecule is CC[C@H](NC(=O)C1CC(=O)N(CC(C)C)C1)C(=O)O. The van der Waals surface area contributed by atoms with E-state index in [0.717, 1.165) is 0 Å². The lowest BCUT2D eigenvalue weighted by atomic mass is 10.1.